The van der Waals surface area contributed by atoms with Crippen LogP contribution < -0.4 is 10.1 Å². The monoisotopic (exact) mass is 493 g/mol. The summed E-state index contributed by atoms with van der Waals surface area (Å²) in [6, 6.07) is 15.9. The maximum atomic E-state index is 12.7. The van der Waals surface area contributed by atoms with Crippen molar-refractivity contribution < 1.29 is 28.5 Å². The molecular formula is C24H19N3O7S. The van der Waals surface area contributed by atoms with Crippen LogP contribution in [0.25, 0.3) is 17.4 Å². The number of carbonyl (C=O) groups excluding carboxylic acids is 3. The number of furan rings is 1. The number of amides is 3. The first-order valence-electron chi connectivity index (χ1n) is 10.5. The lowest BCUT2D eigenvalue weighted by atomic mass is 10.1. The summed E-state index contributed by atoms with van der Waals surface area (Å²) in [5.74, 6) is 0.178. The molecule has 3 amide bonds. The summed E-state index contributed by atoms with van der Waals surface area (Å²) in [4.78, 5) is 48.9. The Morgan fingerprint density at radius 2 is 1.94 bits per heavy atom. The molecule has 2 aromatic carbocycles. The molecule has 11 heteroatoms. The Hall–Kier alpha value is -4.38. The van der Waals surface area contributed by atoms with Crippen molar-refractivity contribution in [1.29, 1.82) is 0 Å². The molecular weight excluding hydrogens is 474 g/mol. The molecule has 0 atom stereocenters. The van der Waals surface area contributed by atoms with E-state index in [1.165, 1.54) is 18.2 Å². The molecule has 35 heavy (non-hydrogen) atoms. The van der Waals surface area contributed by atoms with Crippen molar-refractivity contribution in [1.82, 2.24) is 4.90 Å². The number of nitro benzene ring substituents is 1. The van der Waals surface area contributed by atoms with Crippen molar-refractivity contribution >= 4 is 46.3 Å². The van der Waals surface area contributed by atoms with Gasteiger partial charge >= 0.3 is 0 Å². The fourth-order valence-corrected chi connectivity index (χ4v) is 4.09. The van der Waals surface area contributed by atoms with Crippen LogP contribution in [0.2, 0.25) is 0 Å². The quantitative estimate of drug-likeness (QED) is 0.265. The number of ether oxygens (including phenoxy) is 1. The number of hydrogen-bond acceptors (Lipinski definition) is 8. The number of carbonyl (C=O) groups is 3. The molecule has 1 aromatic heterocycles. The molecule has 0 saturated carbocycles. The van der Waals surface area contributed by atoms with E-state index in [0.29, 0.717) is 41.1 Å². The Morgan fingerprint density at radius 1 is 1.17 bits per heavy atom. The van der Waals surface area contributed by atoms with Crippen molar-refractivity contribution in [2.75, 3.05) is 18.5 Å². The second kappa shape index (κ2) is 10.3. The van der Waals surface area contributed by atoms with E-state index in [4.69, 9.17) is 9.15 Å². The van der Waals surface area contributed by atoms with Gasteiger partial charge in [0.2, 0.25) is 5.91 Å². The topological polar surface area (TPSA) is 132 Å². The van der Waals surface area contributed by atoms with Crippen molar-refractivity contribution in [2.45, 2.75) is 6.92 Å². The van der Waals surface area contributed by atoms with Crippen molar-refractivity contribution in [3.63, 3.8) is 0 Å². The lowest BCUT2D eigenvalue weighted by Gasteiger charge is -2.12. The van der Waals surface area contributed by atoms with E-state index < -0.39 is 28.5 Å². The molecule has 1 aliphatic heterocycles. The molecule has 1 N–H and O–H groups in total. The third-order valence-electron chi connectivity index (χ3n) is 4.87. The molecule has 0 radical (unpaired) electrons. The van der Waals surface area contributed by atoms with Gasteiger partial charge in [-0.05, 0) is 55.1 Å². The summed E-state index contributed by atoms with van der Waals surface area (Å²) in [7, 11) is 0. The van der Waals surface area contributed by atoms with Crippen LogP contribution in [-0.2, 0) is 9.59 Å². The lowest BCUT2D eigenvalue weighted by Crippen LogP contribution is -2.36. The fourth-order valence-electron chi connectivity index (χ4n) is 3.27. The summed E-state index contributed by atoms with van der Waals surface area (Å²) < 4.78 is 11.0. The molecule has 178 valence electrons. The van der Waals surface area contributed by atoms with Gasteiger partial charge in [-0.3, -0.25) is 29.4 Å². The van der Waals surface area contributed by atoms with Crippen LogP contribution >= 0.6 is 11.8 Å². The zero-order valence-electron chi connectivity index (χ0n) is 18.4. The SMILES string of the molecule is CCOc1ccc(NC(=O)CN2C(=O)S/C(=C/c3ccc(-c4cccc([N+](=O)[O-])c4)o3)C2=O)cc1. The Bertz CT molecular complexity index is 1330. The van der Waals surface area contributed by atoms with Crippen LogP contribution in [0, 0.1) is 10.1 Å². The molecule has 2 heterocycles. The van der Waals surface area contributed by atoms with E-state index in [0.717, 1.165) is 4.90 Å². The molecule has 1 aliphatic rings. The number of nitrogens with one attached hydrogen (secondary N) is 1. The number of imide groups is 1. The Morgan fingerprint density at radius 3 is 2.66 bits per heavy atom. The summed E-state index contributed by atoms with van der Waals surface area (Å²) >= 11 is 0.696. The molecule has 0 spiro atoms. The summed E-state index contributed by atoms with van der Waals surface area (Å²) in [6.45, 7) is 1.95. The third-order valence-corrected chi connectivity index (χ3v) is 5.77. The van der Waals surface area contributed by atoms with Crippen LogP contribution in [0.15, 0.2) is 70.0 Å². The van der Waals surface area contributed by atoms with Gasteiger partial charge in [-0.1, -0.05) is 12.1 Å². The number of benzene rings is 2. The fraction of sp³-hybridized carbons (Fsp3) is 0.125. The number of rotatable bonds is 8. The van der Waals surface area contributed by atoms with Crippen molar-refractivity contribution in [3.8, 4) is 17.1 Å². The van der Waals surface area contributed by atoms with E-state index in [2.05, 4.69) is 5.32 Å². The second-order valence-corrected chi connectivity index (χ2v) is 8.28. The first-order chi connectivity index (χ1) is 16.8. The first-order valence-corrected chi connectivity index (χ1v) is 11.3. The summed E-state index contributed by atoms with van der Waals surface area (Å²) in [5, 5.41) is 13.1. The number of thioether (sulfide) groups is 1. The zero-order valence-corrected chi connectivity index (χ0v) is 19.2. The molecule has 0 aliphatic carbocycles. The van der Waals surface area contributed by atoms with Gasteiger partial charge in [0.1, 0.15) is 23.8 Å². The lowest BCUT2D eigenvalue weighted by molar-refractivity contribution is -0.384. The Labute approximate surface area is 203 Å². The van der Waals surface area contributed by atoms with Crippen LogP contribution in [0.4, 0.5) is 16.2 Å². The predicted molar refractivity (Wildman–Crippen MR) is 130 cm³/mol. The minimum atomic E-state index is -0.616. The molecule has 4 rings (SSSR count). The van der Waals surface area contributed by atoms with Crippen LogP contribution in [0.3, 0.4) is 0 Å². The van der Waals surface area contributed by atoms with Crippen LogP contribution in [0.5, 0.6) is 5.75 Å². The molecule has 1 fully saturated rings. The second-order valence-electron chi connectivity index (χ2n) is 7.28. The van der Waals surface area contributed by atoms with Gasteiger partial charge in [0.05, 0.1) is 16.4 Å². The highest BCUT2D eigenvalue weighted by atomic mass is 32.2. The average Bonchev–Trinajstić information content (AvgIpc) is 3.41. The number of nitrogens with zero attached hydrogens (tertiary/aromatic N) is 2. The number of hydrogen-bond donors (Lipinski definition) is 1. The van der Waals surface area contributed by atoms with Gasteiger partial charge in [-0.2, -0.15) is 0 Å². The average molecular weight is 493 g/mol. The predicted octanol–water partition coefficient (Wildman–Crippen LogP) is 4.93. The number of anilines is 1. The van der Waals surface area contributed by atoms with Gasteiger partial charge in [0, 0.05) is 29.5 Å². The first kappa shape index (κ1) is 23.8. The number of non-ortho nitro benzene ring substituents is 1. The third kappa shape index (κ3) is 5.58. The standard InChI is InChI=1S/C24H19N3O7S/c1-2-33-18-8-6-16(7-9-18)25-22(28)14-26-23(29)21(35-24(26)30)13-19-10-11-20(34-19)15-4-3-5-17(12-15)27(31)32/h3-13H,2,14H2,1H3,(H,25,28)/b21-13+. The highest BCUT2D eigenvalue weighted by Crippen LogP contribution is 2.33. The molecule has 1 saturated heterocycles. The van der Waals surface area contributed by atoms with Crippen molar-refractivity contribution in [2.24, 2.45) is 0 Å². The summed E-state index contributed by atoms with van der Waals surface area (Å²) in [6.07, 6.45) is 1.40. The van der Waals surface area contributed by atoms with E-state index in [-0.39, 0.29) is 16.4 Å². The zero-order chi connectivity index (χ0) is 24.9. The summed E-state index contributed by atoms with van der Waals surface area (Å²) in [5.41, 5.74) is 0.924. The van der Waals surface area contributed by atoms with Gasteiger partial charge < -0.3 is 14.5 Å². The van der Waals surface area contributed by atoms with Crippen molar-refractivity contribution in [3.05, 3.63) is 81.4 Å². The van der Waals surface area contributed by atoms with Gasteiger partial charge in [-0.15, -0.1) is 0 Å². The van der Waals surface area contributed by atoms with E-state index in [1.807, 2.05) is 6.92 Å². The van der Waals surface area contributed by atoms with Gasteiger partial charge in [-0.25, -0.2) is 0 Å². The normalized spacial score (nSPS) is 14.4. The highest BCUT2D eigenvalue weighted by Gasteiger charge is 2.36. The van der Waals surface area contributed by atoms with Crippen LogP contribution in [-0.4, -0.2) is 40.0 Å². The Balaban J connectivity index is 1.42. The molecule has 10 nitrogen and oxygen atoms in total. The van der Waals surface area contributed by atoms with Gasteiger partial charge in [0.15, 0.2) is 0 Å². The largest absolute Gasteiger partial charge is 0.494 e. The maximum Gasteiger partial charge on any atom is 0.294 e. The molecule has 0 bridgehead atoms. The van der Waals surface area contributed by atoms with E-state index in [1.54, 1.807) is 48.5 Å². The number of nitro groups is 1. The minimum Gasteiger partial charge on any atom is -0.494 e. The highest BCUT2D eigenvalue weighted by molar-refractivity contribution is 8.18. The van der Waals surface area contributed by atoms with E-state index in [9.17, 15) is 24.5 Å². The molecule has 3 aromatic rings. The molecule has 0 unspecified atom stereocenters. The minimum absolute atomic E-state index is 0.0786. The Kier molecular flexibility index (Phi) is 6.97. The smallest absolute Gasteiger partial charge is 0.294 e. The maximum absolute atomic E-state index is 12.7. The van der Waals surface area contributed by atoms with E-state index >= 15 is 0 Å². The van der Waals surface area contributed by atoms with Gasteiger partial charge in [0.25, 0.3) is 16.8 Å². The van der Waals surface area contributed by atoms with Crippen LogP contribution in [0.1, 0.15) is 12.7 Å².